The molecular weight excluding hydrogens is 331 g/mol. The molecule has 23 heavy (non-hydrogen) atoms. The highest BCUT2D eigenvalue weighted by Crippen LogP contribution is 2.22. The van der Waals surface area contributed by atoms with Gasteiger partial charge in [0.05, 0.1) is 10.0 Å². The van der Waals surface area contributed by atoms with Gasteiger partial charge in [-0.05, 0) is 36.2 Å². The van der Waals surface area contributed by atoms with E-state index >= 15 is 0 Å². The molecule has 0 aliphatic carbocycles. The number of benzene rings is 2. The van der Waals surface area contributed by atoms with Crippen molar-refractivity contribution in [1.82, 2.24) is 20.5 Å². The van der Waals surface area contributed by atoms with Gasteiger partial charge in [-0.2, -0.15) is 5.10 Å². The lowest BCUT2D eigenvalue weighted by Gasteiger charge is -2.07. The van der Waals surface area contributed by atoms with Crippen LogP contribution in [0.3, 0.4) is 0 Å². The summed E-state index contributed by atoms with van der Waals surface area (Å²) in [5.74, 6) is 1.52. The molecule has 118 valence electrons. The van der Waals surface area contributed by atoms with Crippen LogP contribution >= 0.6 is 23.2 Å². The van der Waals surface area contributed by atoms with E-state index in [0.29, 0.717) is 15.9 Å². The second-order valence-electron chi connectivity index (χ2n) is 5.30. The smallest absolute Gasteiger partial charge is 0.181 e. The summed E-state index contributed by atoms with van der Waals surface area (Å²) >= 11 is 11.9. The Kier molecular flexibility index (Phi) is 4.96. The molecule has 4 nitrogen and oxygen atoms in total. The van der Waals surface area contributed by atoms with E-state index in [1.165, 1.54) is 5.56 Å². The van der Waals surface area contributed by atoms with Gasteiger partial charge in [0.2, 0.25) is 0 Å². The third kappa shape index (κ3) is 4.10. The van der Waals surface area contributed by atoms with Crippen LogP contribution in [-0.4, -0.2) is 15.2 Å². The normalized spacial score (nSPS) is 10.9. The summed E-state index contributed by atoms with van der Waals surface area (Å²) < 4.78 is 0. The standard InChI is InChI=1S/C17H16Cl2N4/c1-11-21-17(23-22-11)14-4-2-3-12(7-14)9-20-10-13-5-6-15(18)16(19)8-13/h2-8,20H,9-10H2,1H3,(H,21,22,23). The number of H-pyrrole nitrogens is 1. The Labute approximate surface area is 144 Å². The Morgan fingerprint density at radius 3 is 2.48 bits per heavy atom. The van der Waals surface area contributed by atoms with Crippen LogP contribution in [0.1, 0.15) is 17.0 Å². The van der Waals surface area contributed by atoms with Crippen molar-refractivity contribution >= 4 is 23.2 Å². The molecule has 2 aromatic carbocycles. The number of nitrogens with zero attached hydrogens (tertiary/aromatic N) is 2. The first-order valence-electron chi connectivity index (χ1n) is 7.25. The predicted octanol–water partition coefficient (Wildman–Crippen LogP) is 4.38. The Morgan fingerprint density at radius 2 is 1.78 bits per heavy atom. The van der Waals surface area contributed by atoms with E-state index in [-0.39, 0.29) is 0 Å². The molecular formula is C17H16Cl2N4. The molecule has 0 atom stereocenters. The second kappa shape index (κ2) is 7.13. The quantitative estimate of drug-likeness (QED) is 0.720. The van der Waals surface area contributed by atoms with Crippen LogP contribution in [-0.2, 0) is 13.1 Å². The largest absolute Gasteiger partial charge is 0.309 e. The van der Waals surface area contributed by atoms with Crippen molar-refractivity contribution in [3.63, 3.8) is 0 Å². The highest BCUT2D eigenvalue weighted by molar-refractivity contribution is 6.42. The maximum atomic E-state index is 6.02. The van der Waals surface area contributed by atoms with Crippen molar-refractivity contribution in [3.05, 3.63) is 69.5 Å². The molecule has 0 spiro atoms. The zero-order valence-corrected chi connectivity index (χ0v) is 14.1. The van der Waals surface area contributed by atoms with Crippen LogP contribution in [0.2, 0.25) is 10.0 Å². The van der Waals surface area contributed by atoms with Crippen LogP contribution in [0.25, 0.3) is 11.4 Å². The summed E-state index contributed by atoms with van der Waals surface area (Å²) in [6.45, 7) is 3.36. The summed E-state index contributed by atoms with van der Waals surface area (Å²) in [5, 5.41) is 11.6. The number of hydrogen-bond donors (Lipinski definition) is 2. The molecule has 0 unspecified atom stereocenters. The molecule has 0 bridgehead atoms. The highest BCUT2D eigenvalue weighted by Gasteiger charge is 2.05. The van der Waals surface area contributed by atoms with E-state index in [9.17, 15) is 0 Å². The SMILES string of the molecule is Cc1nc(-c2cccc(CNCc3ccc(Cl)c(Cl)c3)c2)n[nH]1. The lowest BCUT2D eigenvalue weighted by molar-refractivity contribution is 0.693. The molecule has 1 aromatic heterocycles. The van der Waals surface area contributed by atoms with Gasteiger partial charge in [-0.15, -0.1) is 0 Å². The van der Waals surface area contributed by atoms with E-state index < -0.39 is 0 Å². The van der Waals surface area contributed by atoms with Crippen LogP contribution < -0.4 is 5.32 Å². The molecule has 0 saturated heterocycles. The fraction of sp³-hybridized carbons (Fsp3) is 0.176. The van der Waals surface area contributed by atoms with Crippen molar-refractivity contribution in [3.8, 4) is 11.4 Å². The fourth-order valence-corrected chi connectivity index (χ4v) is 2.61. The Bertz CT molecular complexity index is 814. The maximum Gasteiger partial charge on any atom is 0.181 e. The van der Waals surface area contributed by atoms with Gasteiger partial charge in [-0.1, -0.05) is 47.5 Å². The predicted molar refractivity (Wildman–Crippen MR) is 93.6 cm³/mol. The topological polar surface area (TPSA) is 53.6 Å². The van der Waals surface area contributed by atoms with Crippen molar-refractivity contribution < 1.29 is 0 Å². The Hall–Kier alpha value is -1.88. The van der Waals surface area contributed by atoms with Gasteiger partial charge >= 0.3 is 0 Å². The van der Waals surface area contributed by atoms with Gasteiger partial charge in [0, 0.05) is 18.7 Å². The zero-order chi connectivity index (χ0) is 16.2. The Balaban J connectivity index is 1.63. The number of aromatic nitrogens is 3. The molecule has 2 N–H and O–H groups in total. The van der Waals surface area contributed by atoms with Crippen LogP contribution in [0, 0.1) is 6.92 Å². The van der Waals surface area contributed by atoms with Gasteiger partial charge in [-0.25, -0.2) is 4.98 Å². The van der Waals surface area contributed by atoms with Crippen molar-refractivity contribution in [2.24, 2.45) is 0 Å². The first kappa shape index (κ1) is 16.0. The summed E-state index contributed by atoms with van der Waals surface area (Å²) in [7, 11) is 0. The molecule has 1 heterocycles. The molecule has 0 aliphatic rings. The number of nitrogens with one attached hydrogen (secondary N) is 2. The number of rotatable bonds is 5. The summed E-state index contributed by atoms with van der Waals surface area (Å²) in [5.41, 5.74) is 3.27. The number of hydrogen-bond acceptors (Lipinski definition) is 3. The summed E-state index contributed by atoms with van der Waals surface area (Å²) in [6.07, 6.45) is 0. The van der Waals surface area contributed by atoms with Gasteiger partial charge in [0.25, 0.3) is 0 Å². The van der Waals surface area contributed by atoms with E-state index in [4.69, 9.17) is 23.2 Å². The third-order valence-corrected chi connectivity index (χ3v) is 4.16. The molecule has 3 aromatic rings. The highest BCUT2D eigenvalue weighted by atomic mass is 35.5. The zero-order valence-electron chi connectivity index (χ0n) is 12.6. The van der Waals surface area contributed by atoms with Gasteiger partial charge in [0.15, 0.2) is 5.82 Å². The monoisotopic (exact) mass is 346 g/mol. The minimum absolute atomic E-state index is 0.574. The third-order valence-electron chi connectivity index (χ3n) is 3.42. The first-order chi connectivity index (χ1) is 11.1. The molecule has 3 rings (SSSR count). The van der Waals surface area contributed by atoms with E-state index in [0.717, 1.165) is 30.0 Å². The maximum absolute atomic E-state index is 6.02. The molecule has 0 aliphatic heterocycles. The average molecular weight is 347 g/mol. The van der Waals surface area contributed by atoms with Gasteiger partial charge in [-0.3, -0.25) is 5.10 Å². The van der Waals surface area contributed by atoms with Gasteiger partial charge < -0.3 is 5.32 Å². The summed E-state index contributed by atoms with van der Waals surface area (Å²) in [4.78, 5) is 4.35. The fourth-order valence-electron chi connectivity index (χ4n) is 2.29. The molecule has 6 heteroatoms. The van der Waals surface area contributed by atoms with Crippen molar-refractivity contribution in [2.45, 2.75) is 20.0 Å². The van der Waals surface area contributed by atoms with E-state index in [1.807, 2.05) is 37.3 Å². The first-order valence-corrected chi connectivity index (χ1v) is 8.00. The summed E-state index contributed by atoms with van der Waals surface area (Å²) in [6, 6.07) is 13.8. The lowest BCUT2D eigenvalue weighted by Crippen LogP contribution is -2.12. The number of aryl methyl sites for hydroxylation is 1. The Morgan fingerprint density at radius 1 is 1.00 bits per heavy atom. The molecule has 0 amide bonds. The average Bonchev–Trinajstić information content (AvgIpc) is 2.98. The molecule has 0 fully saturated rings. The van der Waals surface area contributed by atoms with Crippen LogP contribution in [0.15, 0.2) is 42.5 Å². The van der Waals surface area contributed by atoms with E-state index in [2.05, 4.69) is 32.6 Å². The molecule has 0 radical (unpaired) electrons. The second-order valence-corrected chi connectivity index (χ2v) is 6.11. The van der Waals surface area contributed by atoms with Gasteiger partial charge in [0.1, 0.15) is 5.82 Å². The van der Waals surface area contributed by atoms with E-state index in [1.54, 1.807) is 0 Å². The van der Waals surface area contributed by atoms with Crippen molar-refractivity contribution in [1.29, 1.82) is 0 Å². The van der Waals surface area contributed by atoms with Crippen molar-refractivity contribution in [2.75, 3.05) is 0 Å². The molecule has 0 saturated carbocycles. The minimum Gasteiger partial charge on any atom is -0.309 e. The number of aromatic amines is 1. The van der Waals surface area contributed by atoms with Crippen LogP contribution in [0.5, 0.6) is 0 Å². The lowest BCUT2D eigenvalue weighted by atomic mass is 10.1. The minimum atomic E-state index is 0.574. The van der Waals surface area contributed by atoms with Crippen LogP contribution in [0.4, 0.5) is 0 Å². The number of halogens is 2.